The summed E-state index contributed by atoms with van der Waals surface area (Å²) in [6.45, 7) is 3.41. The highest BCUT2D eigenvalue weighted by atomic mass is 16.7. The van der Waals surface area contributed by atoms with Gasteiger partial charge in [-0.1, -0.05) is 0 Å². The Morgan fingerprint density at radius 3 is 1.73 bits per heavy atom. The van der Waals surface area contributed by atoms with Crippen LogP contribution in [0, 0.1) is 0 Å². The Kier molecular flexibility index (Phi) is 14.3. The van der Waals surface area contributed by atoms with Crippen LogP contribution in [-0.4, -0.2) is 99.3 Å². The van der Waals surface area contributed by atoms with E-state index in [-0.39, 0.29) is 24.6 Å². The van der Waals surface area contributed by atoms with Crippen LogP contribution >= 0.6 is 0 Å². The molecule has 156 valence electrons. The van der Waals surface area contributed by atoms with Crippen LogP contribution in [-0.2, 0) is 37.9 Å². The summed E-state index contributed by atoms with van der Waals surface area (Å²) < 4.78 is 43.7. The quantitative estimate of drug-likeness (QED) is 0.396. The van der Waals surface area contributed by atoms with E-state index in [0.29, 0.717) is 39.6 Å². The Bertz CT molecular complexity index is 312. The Morgan fingerprint density at radius 2 is 1.27 bits per heavy atom. The van der Waals surface area contributed by atoms with Crippen LogP contribution in [0.4, 0.5) is 0 Å². The number of rotatable bonds is 16. The third-order valence-electron chi connectivity index (χ3n) is 4.17. The van der Waals surface area contributed by atoms with Gasteiger partial charge < -0.3 is 37.9 Å². The van der Waals surface area contributed by atoms with Crippen molar-refractivity contribution in [2.45, 2.75) is 43.9 Å². The van der Waals surface area contributed by atoms with Crippen molar-refractivity contribution < 1.29 is 37.9 Å². The summed E-state index contributed by atoms with van der Waals surface area (Å²) in [4.78, 5) is 0. The van der Waals surface area contributed by atoms with Crippen molar-refractivity contribution in [2.24, 2.45) is 0 Å². The Labute approximate surface area is 157 Å². The van der Waals surface area contributed by atoms with E-state index in [1.165, 1.54) is 0 Å². The Morgan fingerprint density at radius 1 is 0.731 bits per heavy atom. The lowest BCUT2D eigenvalue weighted by Crippen LogP contribution is -2.33. The molecule has 1 saturated heterocycles. The third kappa shape index (κ3) is 10.7. The number of ether oxygens (including phenoxy) is 8. The van der Waals surface area contributed by atoms with Gasteiger partial charge in [0.25, 0.3) is 0 Å². The SMILES string of the molecule is COCC(COCC(COCC(COC1CCCCO1)OC)OC)OC. The van der Waals surface area contributed by atoms with Crippen molar-refractivity contribution in [3.8, 4) is 0 Å². The average Bonchev–Trinajstić information content (AvgIpc) is 2.69. The molecule has 0 bridgehead atoms. The first-order valence-corrected chi connectivity index (χ1v) is 9.19. The molecular formula is C18H36O8. The summed E-state index contributed by atoms with van der Waals surface area (Å²) in [5.74, 6) is 0. The zero-order valence-electron chi connectivity index (χ0n) is 16.6. The lowest BCUT2D eigenvalue weighted by atomic mass is 10.2. The fourth-order valence-electron chi connectivity index (χ4n) is 2.46. The molecule has 0 N–H and O–H groups in total. The van der Waals surface area contributed by atoms with Gasteiger partial charge in [-0.3, -0.25) is 0 Å². The summed E-state index contributed by atoms with van der Waals surface area (Å²) in [6.07, 6.45) is 2.67. The second kappa shape index (κ2) is 15.7. The first-order valence-electron chi connectivity index (χ1n) is 9.19. The van der Waals surface area contributed by atoms with Gasteiger partial charge >= 0.3 is 0 Å². The van der Waals surface area contributed by atoms with Crippen molar-refractivity contribution in [2.75, 3.05) is 74.7 Å². The molecule has 4 atom stereocenters. The van der Waals surface area contributed by atoms with Gasteiger partial charge in [-0.2, -0.15) is 0 Å². The van der Waals surface area contributed by atoms with E-state index in [2.05, 4.69) is 0 Å². The summed E-state index contributed by atoms with van der Waals surface area (Å²) in [7, 11) is 6.55. The van der Waals surface area contributed by atoms with Crippen molar-refractivity contribution in [3.05, 3.63) is 0 Å². The van der Waals surface area contributed by atoms with Gasteiger partial charge in [0.05, 0.1) is 39.6 Å². The first kappa shape index (κ1) is 23.7. The minimum absolute atomic E-state index is 0.0875. The van der Waals surface area contributed by atoms with Crippen LogP contribution < -0.4 is 0 Å². The van der Waals surface area contributed by atoms with E-state index in [0.717, 1.165) is 25.9 Å². The van der Waals surface area contributed by atoms with E-state index in [1.54, 1.807) is 28.4 Å². The fourth-order valence-corrected chi connectivity index (χ4v) is 2.46. The van der Waals surface area contributed by atoms with Crippen molar-refractivity contribution in [1.82, 2.24) is 0 Å². The summed E-state index contributed by atoms with van der Waals surface area (Å²) >= 11 is 0. The molecule has 1 aliphatic rings. The molecule has 8 nitrogen and oxygen atoms in total. The van der Waals surface area contributed by atoms with Gasteiger partial charge in [-0.25, -0.2) is 0 Å². The molecule has 8 heteroatoms. The molecule has 26 heavy (non-hydrogen) atoms. The van der Waals surface area contributed by atoms with E-state index >= 15 is 0 Å². The minimum atomic E-state index is -0.157. The molecule has 0 aromatic rings. The molecule has 1 heterocycles. The lowest BCUT2D eigenvalue weighted by molar-refractivity contribution is -0.183. The second-order valence-corrected chi connectivity index (χ2v) is 6.23. The van der Waals surface area contributed by atoms with Gasteiger partial charge in [0.2, 0.25) is 0 Å². The Balaban J connectivity index is 2.14. The van der Waals surface area contributed by atoms with Crippen LogP contribution in [0.15, 0.2) is 0 Å². The topological polar surface area (TPSA) is 73.8 Å². The zero-order valence-corrected chi connectivity index (χ0v) is 16.6. The van der Waals surface area contributed by atoms with Gasteiger partial charge in [0.15, 0.2) is 6.29 Å². The molecule has 0 aliphatic carbocycles. The molecule has 1 aliphatic heterocycles. The number of hydrogen-bond acceptors (Lipinski definition) is 8. The maximum atomic E-state index is 5.74. The number of hydrogen-bond donors (Lipinski definition) is 0. The highest BCUT2D eigenvalue weighted by Gasteiger charge is 2.18. The second-order valence-electron chi connectivity index (χ2n) is 6.23. The molecule has 0 radical (unpaired) electrons. The van der Waals surface area contributed by atoms with Gasteiger partial charge in [-0.05, 0) is 19.3 Å². The minimum Gasteiger partial charge on any atom is -0.382 e. The van der Waals surface area contributed by atoms with Crippen LogP contribution in [0.3, 0.4) is 0 Å². The highest BCUT2D eigenvalue weighted by Crippen LogP contribution is 2.14. The van der Waals surface area contributed by atoms with E-state index in [4.69, 9.17) is 37.9 Å². The molecule has 0 spiro atoms. The summed E-state index contributed by atoms with van der Waals surface area (Å²) in [6, 6.07) is 0. The summed E-state index contributed by atoms with van der Waals surface area (Å²) in [5, 5.41) is 0. The average molecular weight is 380 g/mol. The van der Waals surface area contributed by atoms with Gasteiger partial charge in [-0.15, -0.1) is 0 Å². The van der Waals surface area contributed by atoms with Crippen LogP contribution in [0.2, 0.25) is 0 Å². The standard InChI is InChI=1S/C18H36O8/c1-19-9-15(20-2)10-23-11-16(21-3)12-24-13-17(22-4)14-26-18-7-5-6-8-25-18/h15-18H,5-14H2,1-4H3. The lowest BCUT2D eigenvalue weighted by Gasteiger charge is -2.25. The molecule has 0 saturated carbocycles. The normalized spacial score (nSPS) is 21.5. The zero-order chi connectivity index (χ0) is 19.0. The monoisotopic (exact) mass is 380 g/mol. The van der Waals surface area contributed by atoms with Crippen molar-refractivity contribution >= 4 is 0 Å². The molecule has 0 aromatic carbocycles. The molecule has 1 rings (SSSR count). The molecule has 0 amide bonds. The van der Waals surface area contributed by atoms with Gasteiger partial charge in [0, 0.05) is 35.0 Å². The molecule has 0 aromatic heterocycles. The first-order chi connectivity index (χ1) is 12.7. The largest absolute Gasteiger partial charge is 0.382 e. The van der Waals surface area contributed by atoms with Crippen LogP contribution in [0.25, 0.3) is 0 Å². The fraction of sp³-hybridized carbons (Fsp3) is 1.00. The number of methoxy groups -OCH3 is 4. The van der Waals surface area contributed by atoms with E-state index in [9.17, 15) is 0 Å². The predicted molar refractivity (Wildman–Crippen MR) is 95.4 cm³/mol. The molecular weight excluding hydrogens is 344 g/mol. The van der Waals surface area contributed by atoms with Crippen molar-refractivity contribution in [3.63, 3.8) is 0 Å². The Hall–Kier alpha value is -0.320. The molecule has 1 fully saturated rings. The maximum absolute atomic E-state index is 5.74. The smallest absolute Gasteiger partial charge is 0.157 e. The van der Waals surface area contributed by atoms with Crippen LogP contribution in [0.5, 0.6) is 0 Å². The summed E-state index contributed by atoms with van der Waals surface area (Å²) in [5.41, 5.74) is 0. The van der Waals surface area contributed by atoms with Crippen molar-refractivity contribution in [1.29, 1.82) is 0 Å². The highest BCUT2D eigenvalue weighted by molar-refractivity contribution is 4.61. The molecule has 4 unspecified atom stereocenters. The maximum Gasteiger partial charge on any atom is 0.157 e. The van der Waals surface area contributed by atoms with Crippen LogP contribution in [0.1, 0.15) is 19.3 Å². The third-order valence-corrected chi connectivity index (χ3v) is 4.17. The van der Waals surface area contributed by atoms with E-state index < -0.39 is 0 Å². The predicted octanol–water partition coefficient (Wildman–Crippen LogP) is 1.25. The van der Waals surface area contributed by atoms with Gasteiger partial charge in [0.1, 0.15) is 18.3 Å². The van der Waals surface area contributed by atoms with E-state index in [1.807, 2.05) is 0 Å².